The molecular formula is C28H26N6O3S. The van der Waals surface area contributed by atoms with Crippen LogP contribution >= 0.6 is 11.8 Å². The van der Waals surface area contributed by atoms with Gasteiger partial charge < -0.3 is 14.2 Å². The number of carbonyl (C=O) groups excluding carboxylic acids is 2. The molecule has 10 heteroatoms. The second kappa shape index (κ2) is 9.70. The molecule has 3 aliphatic rings. The Balaban J connectivity index is 1.29. The van der Waals surface area contributed by atoms with Gasteiger partial charge in [-0.1, -0.05) is 36.4 Å². The van der Waals surface area contributed by atoms with E-state index < -0.39 is 5.91 Å². The summed E-state index contributed by atoms with van der Waals surface area (Å²) in [6.45, 7) is 6.20. The van der Waals surface area contributed by atoms with Crippen LogP contribution in [0.15, 0.2) is 64.2 Å². The Kier molecular flexibility index (Phi) is 6.21. The molecule has 192 valence electrons. The normalized spacial score (nSPS) is 18.7. The lowest BCUT2D eigenvalue weighted by molar-refractivity contribution is -0.133. The summed E-state index contributed by atoms with van der Waals surface area (Å²) in [5, 5.41) is 17.7. The number of nitrogens with zero attached hydrogens (tertiary/aromatic N) is 5. The first-order valence-corrected chi connectivity index (χ1v) is 13.2. The molecule has 38 heavy (non-hydrogen) atoms. The lowest BCUT2D eigenvalue weighted by Gasteiger charge is -2.26. The highest BCUT2D eigenvalue weighted by molar-refractivity contribution is 8.27. The number of benzene rings is 2. The number of amidine groups is 2. The fraction of sp³-hybridized carbons (Fsp3) is 0.250. The van der Waals surface area contributed by atoms with Gasteiger partial charge in [-0.3, -0.25) is 15.0 Å². The molecule has 1 N–H and O–H groups in total. The molecule has 0 unspecified atom stereocenters. The molecule has 4 heterocycles. The van der Waals surface area contributed by atoms with Gasteiger partial charge >= 0.3 is 0 Å². The molecular weight excluding hydrogens is 500 g/mol. The number of hydrogen-bond donors (Lipinski definition) is 1. The van der Waals surface area contributed by atoms with E-state index in [2.05, 4.69) is 38.9 Å². The van der Waals surface area contributed by atoms with Gasteiger partial charge in [-0.25, -0.2) is 0 Å². The topological polar surface area (TPSA) is 103 Å². The lowest BCUT2D eigenvalue weighted by atomic mass is 10.1. The fourth-order valence-corrected chi connectivity index (χ4v) is 5.90. The Morgan fingerprint density at radius 2 is 1.89 bits per heavy atom. The van der Waals surface area contributed by atoms with Gasteiger partial charge in [0.25, 0.3) is 5.91 Å². The average Bonchev–Trinajstić information content (AvgIpc) is 3.45. The molecule has 2 aromatic carbocycles. The van der Waals surface area contributed by atoms with Gasteiger partial charge in [0, 0.05) is 29.9 Å². The minimum Gasteiger partial charge on any atom is -0.378 e. The summed E-state index contributed by atoms with van der Waals surface area (Å²) in [5.74, 6) is -0.578. The number of hydrogen-bond acceptors (Lipinski definition) is 6. The number of nitrogens with one attached hydrogen (secondary N) is 1. The van der Waals surface area contributed by atoms with Crippen LogP contribution < -0.4 is 0 Å². The number of aromatic nitrogens is 1. The van der Waals surface area contributed by atoms with Crippen LogP contribution in [0.2, 0.25) is 0 Å². The van der Waals surface area contributed by atoms with Crippen LogP contribution in [0.25, 0.3) is 22.5 Å². The van der Waals surface area contributed by atoms with Gasteiger partial charge in [0.15, 0.2) is 5.84 Å². The predicted octanol–water partition coefficient (Wildman–Crippen LogP) is 4.12. The maximum Gasteiger partial charge on any atom is 0.283 e. The van der Waals surface area contributed by atoms with Crippen LogP contribution in [0.1, 0.15) is 23.4 Å². The summed E-state index contributed by atoms with van der Waals surface area (Å²) in [4.78, 5) is 31.6. The maximum absolute atomic E-state index is 13.0. The average molecular weight is 527 g/mol. The summed E-state index contributed by atoms with van der Waals surface area (Å²) >= 11 is 1.17. The Morgan fingerprint density at radius 1 is 1.13 bits per heavy atom. The van der Waals surface area contributed by atoms with Gasteiger partial charge in [-0.05, 0) is 54.8 Å². The van der Waals surface area contributed by atoms with Crippen LogP contribution in [-0.4, -0.2) is 68.6 Å². The van der Waals surface area contributed by atoms with Crippen molar-refractivity contribution in [3.8, 4) is 5.69 Å². The first-order chi connectivity index (χ1) is 18.4. The van der Waals surface area contributed by atoms with Crippen molar-refractivity contribution in [1.29, 1.82) is 5.41 Å². The smallest absolute Gasteiger partial charge is 0.283 e. The Bertz CT molecular complexity index is 1590. The summed E-state index contributed by atoms with van der Waals surface area (Å²) in [7, 11) is 0. The van der Waals surface area contributed by atoms with E-state index in [0.717, 1.165) is 33.4 Å². The Morgan fingerprint density at radius 3 is 2.71 bits per heavy atom. The highest BCUT2D eigenvalue weighted by Crippen LogP contribution is 2.32. The third-order valence-electron chi connectivity index (χ3n) is 6.94. The van der Waals surface area contributed by atoms with Crippen molar-refractivity contribution < 1.29 is 14.3 Å². The number of aliphatic imine (C=N–C) groups is 1. The van der Waals surface area contributed by atoms with Crippen molar-refractivity contribution in [2.75, 3.05) is 26.3 Å². The third-order valence-corrected chi connectivity index (χ3v) is 7.85. The number of fused-ring (bicyclic) bond motifs is 2. The zero-order valence-electron chi connectivity index (χ0n) is 21.1. The molecule has 0 saturated carbocycles. The van der Waals surface area contributed by atoms with E-state index in [4.69, 9.17) is 10.1 Å². The second-order valence-electron chi connectivity index (χ2n) is 9.34. The van der Waals surface area contributed by atoms with Gasteiger partial charge in [-0.15, -0.1) is 0 Å². The summed E-state index contributed by atoms with van der Waals surface area (Å²) in [6.07, 6.45) is 1.82. The third kappa shape index (κ3) is 4.25. The second-order valence-corrected chi connectivity index (χ2v) is 10.4. The molecule has 6 rings (SSSR count). The van der Waals surface area contributed by atoms with Crippen molar-refractivity contribution in [1.82, 2.24) is 14.5 Å². The number of aryl methyl sites for hydroxylation is 1. The first-order valence-electron chi connectivity index (χ1n) is 12.4. The van der Waals surface area contributed by atoms with Crippen LogP contribution in [0.5, 0.6) is 0 Å². The highest BCUT2D eigenvalue weighted by atomic mass is 32.2. The molecule has 1 saturated heterocycles. The molecule has 1 fully saturated rings. The minimum absolute atomic E-state index is 0.0451. The standard InChI is InChI=1S/C28H26N6O3S/c1-17-14-20(18(2)33(17)23-9-5-7-19-6-3-4-8-21(19)23)15-22-26(29)34-28(30-27(22)36)38-24(31-34)16-25(35)32-10-12-37-13-11-32/h3-9,14-15,29H,10-13,16H2,1-2H3/b22-15-,29-26?. The SMILES string of the molecule is Cc1cc(/C=C2/C(=N)N3N=C(CC(=O)N4CCOCC4)SC3=NC2=O)c(C)n1-c1cccc2ccccc12. The molecule has 0 spiro atoms. The van der Waals surface area contributed by atoms with Gasteiger partial charge in [0.2, 0.25) is 11.1 Å². The van der Waals surface area contributed by atoms with E-state index >= 15 is 0 Å². The molecule has 0 aliphatic carbocycles. The van der Waals surface area contributed by atoms with E-state index in [0.29, 0.717) is 36.5 Å². The lowest BCUT2D eigenvalue weighted by Crippen LogP contribution is -2.41. The zero-order valence-corrected chi connectivity index (χ0v) is 21.9. The number of morpholine rings is 1. The Hall–Kier alpha value is -4.02. The van der Waals surface area contributed by atoms with E-state index in [-0.39, 0.29) is 23.7 Å². The van der Waals surface area contributed by atoms with E-state index in [9.17, 15) is 9.59 Å². The quantitative estimate of drug-likeness (QED) is 0.516. The van der Waals surface area contributed by atoms with Crippen molar-refractivity contribution in [2.24, 2.45) is 10.1 Å². The number of rotatable bonds is 4. The predicted molar refractivity (Wildman–Crippen MR) is 150 cm³/mol. The molecule has 3 aliphatic heterocycles. The summed E-state index contributed by atoms with van der Waals surface area (Å²) in [5.41, 5.74) is 4.03. The molecule has 0 atom stereocenters. The van der Waals surface area contributed by atoms with Crippen molar-refractivity contribution >= 4 is 56.5 Å². The number of ether oxygens (including phenoxy) is 1. The zero-order chi connectivity index (χ0) is 26.4. The van der Waals surface area contributed by atoms with Crippen LogP contribution in [0, 0.1) is 19.3 Å². The molecule has 3 aromatic rings. The molecule has 9 nitrogen and oxygen atoms in total. The largest absolute Gasteiger partial charge is 0.378 e. The van der Waals surface area contributed by atoms with E-state index in [1.807, 2.05) is 38.1 Å². The molecule has 0 bridgehead atoms. The van der Waals surface area contributed by atoms with Crippen LogP contribution in [0.3, 0.4) is 0 Å². The van der Waals surface area contributed by atoms with E-state index in [1.165, 1.54) is 16.8 Å². The van der Waals surface area contributed by atoms with Gasteiger partial charge in [0.05, 0.1) is 30.9 Å². The number of carbonyl (C=O) groups is 2. The number of hydrazone groups is 1. The molecule has 1 aromatic heterocycles. The van der Waals surface area contributed by atoms with Gasteiger partial charge in [-0.2, -0.15) is 15.1 Å². The maximum atomic E-state index is 13.0. The molecule has 2 amide bonds. The van der Waals surface area contributed by atoms with E-state index in [1.54, 1.807) is 11.0 Å². The first kappa shape index (κ1) is 24.3. The fourth-order valence-electron chi connectivity index (χ4n) is 5.02. The van der Waals surface area contributed by atoms with Crippen LogP contribution in [-0.2, 0) is 14.3 Å². The van der Waals surface area contributed by atoms with Crippen LogP contribution in [0.4, 0.5) is 0 Å². The molecule has 0 radical (unpaired) electrons. The minimum atomic E-state index is -0.486. The number of amides is 2. The van der Waals surface area contributed by atoms with Crippen molar-refractivity contribution in [2.45, 2.75) is 20.3 Å². The Labute approximate surface area is 224 Å². The monoisotopic (exact) mass is 526 g/mol. The number of thioether (sulfide) groups is 1. The summed E-state index contributed by atoms with van der Waals surface area (Å²) in [6, 6.07) is 16.5. The van der Waals surface area contributed by atoms with Crippen molar-refractivity contribution in [3.63, 3.8) is 0 Å². The highest BCUT2D eigenvalue weighted by Gasteiger charge is 2.36. The summed E-state index contributed by atoms with van der Waals surface area (Å²) < 4.78 is 7.48. The van der Waals surface area contributed by atoms with Crippen molar-refractivity contribution in [3.05, 3.63) is 71.1 Å². The van der Waals surface area contributed by atoms with Gasteiger partial charge in [0.1, 0.15) is 5.04 Å².